The highest BCUT2D eigenvalue weighted by atomic mass is 14.9. The van der Waals surface area contributed by atoms with E-state index in [1.165, 1.54) is 180 Å². The fraction of sp³-hybridized carbons (Fsp3) is 0.302. The molecule has 4 atom stereocenters. The van der Waals surface area contributed by atoms with E-state index in [2.05, 4.69) is 132 Å². The first-order valence-electron chi connectivity index (χ1n) is 25.2. The Bertz CT molecular complexity index is 3590. The molecule has 10 aliphatic carbocycles. The Balaban J connectivity index is 1.06. The number of fused-ring (bicyclic) bond motifs is 16. The fourth-order valence-corrected chi connectivity index (χ4v) is 18.1. The van der Waals surface area contributed by atoms with Gasteiger partial charge in [-0.15, -0.1) is 0 Å². The second kappa shape index (κ2) is 12.0. The highest BCUT2D eigenvalue weighted by molar-refractivity contribution is 6.26. The molecule has 4 unspecified atom stereocenters. The Morgan fingerprint density at radius 1 is 0.424 bits per heavy atom. The summed E-state index contributed by atoms with van der Waals surface area (Å²) in [6, 6.07) is 50.3. The first-order valence-corrected chi connectivity index (χ1v) is 25.2. The molecular weight excluding hydrogens is 799 g/mol. The van der Waals surface area contributed by atoms with Gasteiger partial charge in [-0.1, -0.05) is 91.0 Å². The second-order valence-corrected chi connectivity index (χ2v) is 22.5. The molecule has 0 saturated heterocycles. The Morgan fingerprint density at radius 2 is 0.818 bits per heavy atom. The molecule has 66 heavy (non-hydrogen) atoms. The smallest absolute Gasteiger partial charge is 0.0995 e. The van der Waals surface area contributed by atoms with Crippen LogP contribution in [-0.2, 0) is 5.41 Å². The third-order valence-corrected chi connectivity index (χ3v) is 19.6. The second-order valence-electron chi connectivity index (χ2n) is 22.5. The summed E-state index contributed by atoms with van der Waals surface area (Å²) in [4.78, 5) is 0. The highest BCUT2D eigenvalue weighted by Gasteiger charge is 2.53. The summed E-state index contributed by atoms with van der Waals surface area (Å²) in [6.45, 7) is 0. The number of nitriles is 2. The lowest BCUT2D eigenvalue weighted by atomic mass is 9.67. The highest BCUT2D eigenvalue weighted by Crippen LogP contribution is 2.66. The Labute approximate surface area is 384 Å². The van der Waals surface area contributed by atoms with Gasteiger partial charge in [-0.25, -0.2) is 0 Å². The molecular formula is C63H47N3. The van der Waals surface area contributed by atoms with Crippen LogP contribution < -0.4 is 0 Å². The Hall–Kier alpha value is -6.68. The summed E-state index contributed by atoms with van der Waals surface area (Å²) >= 11 is 0. The summed E-state index contributed by atoms with van der Waals surface area (Å²) in [5.41, 5.74) is 24.2. The van der Waals surface area contributed by atoms with Gasteiger partial charge in [0, 0.05) is 21.5 Å². The van der Waals surface area contributed by atoms with E-state index in [0.717, 1.165) is 34.8 Å². The number of benzene rings is 7. The van der Waals surface area contributed by atoms with Gasteiger partial charge in [0.25, 0.3) is 0 Å². The molecule has 3 heteroatoms. The molecule has 0 radical (unpaired) electrons. The lowest BCUT2D eigenvalue weighted by molar-refractivity contribution is 0.166. The zero-order valence-electron chi connectivity index (χ0n) is 37.0. The average molecular weight is 846 g/mol. The molecule has 3 nitrogen and oxygen atoms in total. The van der Waals surface area contributed by atoms with Crippen molar-refractivity contribution < 1.29 is 0 Å². The minimum atomic E-state index is -0.468. The maximum absolute atomic E-state index is 11.2. The van der Waals surface area contributed by atoms with Crippen LogP contribution in [0.5, 0.6) is 0 Å². The number of rotatable bonds is 1. The van der Waals surface area contributed by atoms with E-state index in [9.17, 15) is 10.5 Å². The summed E-state index contributed by atoms with van der Waals surface area (Å²) in [6.07, 6.45) is 12.6. The van der Waals surface area contributed by atoms with Crippen LogP contribution in [0.3, 0.4) is 0 Å². The quantitative estimate of drug-likeness (QED) is 0.165. The summed E-state index contributed by atoms with van der Waals surface area (Å²) in [5, 5.41) is 27.8. The van der Waals surface area contributed by atoms with Crippen molar-refractivity contribution in [3.05, 3.63) is 171 Å². The minimum Gasteiger partial charge on any atom is -0.308 e. The van der Waals surface area contributed by atoms with E-state index >= 15 is 0 Å². The molecule has 314 valence electrons. The van der Waals surface area contributed by atoms with Crippen molar-refractivity contribution in [2.45, 2.75) is 93.3 Å². The molecule has 4 fully saturated rings. The van der Waals surface area contributed by atoms with Crippen molar-refractivity contribution in [3.63, 3.8) is 0 Å². The van der Waals surface area contributed by atoms with Gasteiger partial charge in [-0.2, -0.15) is 10.5 Å². The zero-order valence-corrected chi connectivity index (χ0v) is 37.0. The predicted octanol–water partition coefficient (Wildman–Crippen LogP) is 15.4. The fourth-order valence-electron chi connectivity index (χ4n) is 18.1. The number of hydrogen-bond acceptors (Lipinski definition) is 2. The molecule has 2 heterocycles. The molecule has 7 aromatic carbocycles. The summed E-state index contributed by atoms with van der Waals surface area (Å²) in [7, 11) is 0. The van der Waals surface area contributed by atoms with Crippen LogP contribution in [0.1, 0.15) is 144 Å². The summed E-state index contributed by atoms with van der Waals surface area (Å²) in [5.74, 6) is 4.83. The van der Waals surface area contributed by atoms with Gasteiger partial charge < -0.3 is 4.40 Å². The third-order valence-electron chi connectivity index (χ3n) is 19.6. The molecule has 2 aromatic heterocycles. The monoisotopic (exact) mass is 845 g/mol. The summed E-state index contributed by atoms with van der Waals surface area (Å²) < 4.78 is 2.57. The van der Waals surface area contributed by atoms with Gasteiger partial charge in [0.1, 0.15) is 0 Å². The van der Waals surface area contributed by atoms with Crippen molar-refractivity contribution in [3.8, 4) is 45.5 Å². The van der Waals surface area contributed by atoms with Crippen molar-refractivity contribution >= 4 is 38.1 Å². The minimum absolute atomic E-state index is 0.455. The van der Waals surface area contributed by atoms with E-state index in [0.29, 0.717) is 23.7 Å². The van der Waals surface area contributed by atoms with Gasteiger partial charge in [-0.3, -0.25) is 0 Å². The average Bonchev–Trinajstić information content (AvgIpc) is 3.97. The van der Waals surface area contributed by atoms with Gasteiger partial charge in [-0.05, 0) is 214 Å². The van der Waals surface area contributed by atoms with E-state index in [-0.39, 0.29) is 0 Å². The van der Waals surface area contributed by atoms with Crippen LogP contribution in [0.25, 0.3) is 71.5 Å². The molecule has 4 saturated carbocycles. The van der Waals surface area contributed by atoms with Crippen LogP contribution in [-0.4, -0.2) is 4.40 Å². The van der Waals surface area contributed by atoms with E-state index < -0.39 is 5.41 Å². The van der Waals surface area contributed by atoms with Crippen LogP contribution in [0, 0.1) is 46.3 Å². The topological polar surface area (TPSA) is 52.0 Å². The van der Waals surface area contributed by atoms with Crippen LogP contribution in [0.15, 0.2) is 115 Å². The lowest BCUT2D eigenvalue weighted by Crippen LogP contribution is -2.26. The third kappa shape index (κ3) is 4.03. The molecule has 0 N–H and O–H groups in total. The van der Waals surface area contributed by atoms with Crippen molar-refractivity contribution in [1.29, 1.82) is 10.5 Å². The molecule has 8 bridgehead atoms. The molecule has 9 aromatic rings. The standard InChI is InChI=1S/C63H47N3/c64-30-41-28-53-59(57-39-22-32-16-33(23-39)19-37(18-32)55(41)57)48-26-36(27-49-60-54(66(53)62(48)49)29-42(31-65)56-38-20-34-17-35(21-38)25-40(24-34)58(56)60)43-11-7-12-47-46-10-3-6-15-52(46)63(61(43)47)50-13-4-1-8-44(50)45-9-2-5-14-51(45)63/h1-15,26-29,32-35,37-40H,16-25H2. The number of nitrogens with zero attached hydrogens (tertiary/aromatic N) is 3. The van der Waals surface area contributed by atoms with Gasteiger partial charge >= 0.3 is 0 Å². The van der Waals surface area contributed by atoms with Gasteiger partial charge in [0.2, 0.25) is 0 Å². The Morgan fingerprint density at radius 3 is 1.27 bits per heavy atom. The maximum atomic E-state index is 11.2. The van der Waals surface area contributed by atoms with Gasteiger partial charge in [0.05, 0.1) is 45.2 Å². The maximum Gasteiger partial charge on any atom is 0.0995 e. The van der Waals surface area contributed by atoms with E-state index in [1.807, 2.05) is 0 Å². The predicted molar refractivity (Wildman–Crippen MR) is 263 cm³/mol. The number of hydrogen-bond donors (Lipinski definition) is 0. The molecule has 0 amide bonds. The normalized spacial score (nSPS) is 27.2. The Kier molecular flexibility index (Phi) is 6.47. The molecule has 19 rings (SSSR count). The van der Waals surface area contributed by atoms with E-state index in [1.54, 1.807) is 0 Å². The van der Waals surface area contributed by atoms with Crippen molar-refractivity contribution in [2.24, 2.45) is 23.7 Å². The van der Waals surface area contributed by atoms with E-state index in [4.69, 9.17) is 0 Å². The zero-order chi connectivity index (χ0) is 42.9. The van der Waals surface area contributed by atoms with Crippen molar-refractivity contribution in [1.82, 2.24) is 4.40 Å². The SMILES string of the molecule is N#Cc1cc2c(c3c1C1CC4CC(C1)CC3C4)c1cc(-c3cccc4c3C3(c5ccccc5-c5ccccc53)c3ccccc3-4)cc3c4c5c(c(C#N)cc4n2c13)C1CC2CC(C1)CC5C2. The lowest BCUT2D eigenvalue weighted by Gasteiger charge is -2.38. The molecule has 10 aliphatic rings. The number of aromatic nitrogens is 1. The molecule has 1 spiro atoms. The van der Waals surface area contributed by atoms with Crippen LogP contribution >= 0.6 is 0 Å². The van der Waals surface area contributed by atoms with Gasteiger partial charge in [0.15, 0.2) is 0 Å². The first-order chi connectivity index (χ1) is 32.6. The van der Waals surface area contributed by atoms with Crippen LogP contribution in [0.2, 0.25) is 0 Å². The van der Waals surface area contributed by atoms with Crippen LogP contribution in [0.4, 0.5) is 0 Å². The first kappa shape index (κ1) is 35.6. The molecule has 0 aliphatic heterocycles. The largest absolute Gasteiger partial charge is 0.308 e. The van der Waals surface area contributed by atoms with Crippen molar-refractivity contribution in [2.75, 3.05) is 0 Å².